The predicted octanol–water partition coefficient (Wildman–Crippen LogP) is 13.7. The van der Waals surface area contributed by atoms with Crippen LogP contribution in [-0.2, 0) is 5.41 Å². The van der Waals surface area contributed by atoms with Gasteiger partial charge in [0.15, 0.2) is 5.82 Å². The summed E-state index contributed by atoms with van der Waals surface area (Å²) in [5.41, 5.74) is 16.5. The summed E-state index contributed by atoms with van der Waals surface area (Å²) in [6.45, 7) is 0. The van der Waals surface area contributed by atoms with Crippen LogP contribution in [0.5, 0.6) is 0 Å². The summed E-state index contributed by atoms with van der Waals surface area (Å²) in [4.78, 5) is 14.9. The van der Waals surface area contributed by atoms with Crippen LogP contribution in [0.15, 0.2) is 225 Å². The molecule has 0 atom stereocenters. The Morgan fingerprint density at radius 2 is 0.881 bits per heavy atom. The normalized spacial score (nSPS) is 12.5. The summed E-state index contributed by atoms with van der Waals surface area (Å²) in [5, 5.41) is 2.26. The lowest BCUT2D eigenvalue weighted by Crippen LogP contribution is -2.28. The molecule has 1 aliphatic carbocycles. The molecule has 0 N–H and O–H groups in total. The largest absolute Gasteiger partial charge is 0.264 e. The van der Waals surface area contributed by atoms with Crippen LogP contribution in [0.3, 0.4) is 0 Å². The Morgan fingerprint density at radius 1 is 0.322 bits per heavy atom. The van der Waals surface area contributed by atoms with Crippen molar-refractivity contribution >= 4 is 10.8 Å². The number of benzene rings is 8. The minimum Gasteiger partial charge on any atom is -0.264 e. The summed E-state index contributed by atoms with van der Waals surface area (Å²) in [5.74, 6) is 0.687. The van der Waals surface area contributed by atoms with Gasteiger partial charge >= 0.3 is 0 Å². The number of hydrogen-bond acceptors (Lipinski definition) is 3. The molecule has 0 saturated carbocycles. The zero-order valence-electron chi connectivity index (χ0n) is 32.2. The van der Waals surface area contributed by atoms with E-state index in [4.69, 9.17) is 9.97 Å². The highest BCUT2D eigenvalue weighted by Crippen LogP contribution is 2.57. The number of hydrogen-bond donors (Lipinski definition) is 0. The van der Waals surface area contributed by atoms with E-state index in [0.29, 0.717) is 5.82 Å². The van der Waals surface area contributed by atoms with E-state index in [9.17, 15) is 0 Å². The van der Waals surface area contributed by atoms with Crippen molar-refractivity contribution in [1.82, 2.24) is 15.0 Å². The Hall–Kier alpha value is -7.75. The van der Waals surface area contributed by atoms with Crippen molar-refractivity contribution in [2.75, 3.05) is 0 Å². The van der Waals surface area contributed by atoms with Gasteiger partial charge in [0.05, 0.1) is 16.8 Å². The van der Waals surface area contributed by atoms with Gasteiger partial charge in [-0.25, -0.2) is 9.97 Å². The molecule has 0 amide bonds. The monoisotopic (exact) mass is 751 g/mol. The molecule has 276 valence electrons. The molecular formula is C56H37N3. The second-order valence-electron chi connectivity index (χ2n) is 15.1. The molecule has 0 spiro atoms. The van der Waals surface area contributed by atoms with Gasteiger partial charge in [-0.1, -0.05) is 182 Å². The average Bonchev–Trinajstić information content (AvgIpc) is 3.62. The Labute approximate surface area is 344 Å². The maximum absolute atomic E-state index is 5.32. The quantitative estimate of drug-likeness (QED) is 0.163. The topological polar surface area (TPSA) is 38.7 Å². The van der Waals surface area contributed by atoms with E-state index in [1.807, 2.05) is 18.3 Å². The second kappa shape index (κ2) is 14.3. The van der Waals surface area contributed by atoms with Crippen LogP contribution in [0.1, 0.15) is 22.3 Å². The summed E-state index contributed by atoms with van der Waals surface area (Å²) in [7, 11) is 0. The first-order chi connectivity index (χ1) is 29.3. The molecule has 0 unspecified atom stereocenters. The van der Waals surface area contributed by atoms with Gasteiger partial charge in [-0.3, -0.25) is 4.98 Å². The van der Waals surface area contributed by atoms with Gasteiger partial charge in [0.25, 0.3) is 0 Å². The van der Waals surface area contributed by atoms with E-state index in [2.05, 4.69) is 205 Å². The Morgan fingerprint density at radius 3 is 1.61 bits per heavy atom. The molecule has 2 heterocycles. The summed E-state index contributed by atoms with van der Waals surface area (Å²) < 4.78 is 0. The van der Waals surface area contributed by atoms with Gasteiger partial charge in [-0.2, -0.15) is 0 Å². The Kier molecular flexibility index (Phi) is 8.37. The molecule has 0 bridgehead atoms. The number of nitrogens with zero attached hydrogens (tertiary/aromatic N) is 3. The minimum absolute atomic E-state index is 0.476. The van der Waals surface area contributed by atoms with E-state index in [1.54, 1.807) is 6.20 Å². The van der Waals surface area contributed by atoms with Crippen molar-refractivity contribution in [3.63, 3.8) is 0 Å². The lowest BCUT2D eigenvalue weighted by Gasteiger charge is -2.34. The third kappa shape index (κ3) is 5.78. The molecule has 11 rings (SSSR count). The minimum atomic E-state index is -0.476. The number of fused-ring (bicyclic) bond motifs is 4. The van der Waals surface area contributed by atoms with Crippen LogP contribution in [0.25, 0.3) is 78.1 Å². The van der Waals surface area contributed by atoms with Gasteiger partial charge in [-0.15, -0.1) is 0 Å². The highest BCUT2D eigenvalue weighted by molar-refractivity contribution is 6.05. The van der Waals surface area contributed by atoms with E-state index in [0.717, 1.165) is 50.0 Å². The van der Waals surface area contributed by atoms with Crippen LogP contribution in [-0.4, -0.2) is 15.0 Å². The average molecular weight is 752 g/mol. The van der Waals surface area contributed by atoms with Gasteiger partial charge in [0.2, 0.25) is 0 Å². The zero-order chi connectivity index (χ0) is 39.2. The van der Waals surface area contributed by atoms with Crippen molar-refractivity contribution in [2.24, 2.45) is 0 Å². The van der Waals surface area contributed by atoms with Gasteiger partial charge < -0.3 is 0 Å². The molecule has 1 aliphatic rings. The molecule has 0 fully saturated rings. The maximum atomic E-state index is 5.32. The summed E-state index contributed by atoms with van der Waals surface area (Å²) in [6, 6.07) is 76.2. The number of rotatable bonds is 7. The smallest absolute Gasteiger partial charge is 0.161 e. The number of aromatic nitrogens is 3. The fourth-order valence-electron chi connectivity index (χ4n) is 9.22. The number of pyridine rings is 1. The summed E-state index contributed by atoms with van der Waals surface area (Å²) in [6.07, 6.45) is 3.70. The molecule has 59 heavy (non-hydrogen) atoms. The van der Waals surface area contributed by atoms with Crippen molar-refractivity contribution in [1.29, 1.82) is 0 Å². The first kappa shape index (κ1) is 34.5. The van der Waals surface area contributed by atoms with Crippen LogP contribution in [0, 0.1) is 0 Å². The van der Waals surface area contributed by atoms with Crippen LogP contribution in [0.2, 0.25) is 0 Å². The van der Waals surface area contributed by atoms with Crippen molar-refractivity contribution in [2.45, 2.75) is 5.41 Å². The zero-order valence-corrected chi connectivity index (χ0v) is 32.2. The second-order valence-corrected chi connectivity index (χ2v) is 15.1. The van der Waals surface area contributed by atoms with Gasteiger partial charge in [0.1, 0.15) is 0 Å². The highest BCUT2D eigenvalue weighted by atomic mass is 14.9. The Balaban J connectivity index is 1.10. The summed E-state index contributed by atoms with van der Waals surface area (Å²) >= 11 is 0. The van der Waals surface area contributed by atoms with Crippen molar-refractivity contribution < 1.29 is 0 Å². The molecule has 2 aromatic heterocycles. The van der Waals surface area contributed by atoms with Crippen LogP contribution in [0.4, 0.5) is 0 Å². The van der Waals surface area contributed by atoms with Crippen molar-refractivity contribution in [3.05, 3.63) is 247 Å². The van der Waals surface area contributed by atoms with E-state index < -0.39 is 5.41 Å². The molecular weight excluding hydrogens is 715 g/mol. The predicted molar refractivity (Wildman–Crippen MR) is 242 cm³/mol. The Bertz CT molecular complexity index is 3100. The van der Waals surface area contributed by atoms with Crippen LogP contribution < -0.4 is 0 Å². The third-order valence-electron chi connectivity index (χ3n) is 11.9. The molecule has 3 nitrogen and oxygen atoms in total. The molecule has 0 aliphatic heterocycles. The van der Waals surface area contributed by atoms with E-state index in [1.165, 1.54) is 44.5 Å². The molecule has 10 aromatic rings. The fraction of sp³-hybridized carbons (Fsp3) is 0.0179. The molecule has 3 heteroatoms. The lowest BCUT2D eigenvalue weighted by molar-refractivity contribution is 0.769. The van der Waals surface area contributed by atoms with E-state index in [-0.39, 0.29) is 0 Å². The SMILES string of the molecule is c1ccc(-c2cc(-c3cccc(-c4cccnc4)c3)nc(-c3ccc(-c4ccc5c(c4)C(c4ccccc4)(c4ccccc4)c4ccccc4-5)c4ccccc34)n2)cc1. The van der Waals surface area contributed by atoms with Crippen molar-refractivity contribution in [3.8, 4) is 67.3 Å². The molecule has 0 saturated heterocycles. The maximum Gasteiger partial charge on any atom is 0.161 e. The van der Waals surface area contributed by atoms with Gasteiger partial charge in [-0.05, 0) is 91.2 Å². The standard InChI is InChI=1S/C56H37N3/c1-4-16-38(17-5-1)53-36-54(41-19-14-18-39(34-41)42-20-15-33-57-37-42)59-55(58-53)50-32-31-45(46-25-10-11-26-47(46)50)40-29-30-49-48-27-12-13-28-51(48)56(52(49)35-40,43-21-6-2-7-22-43)44-23-8-3-9-24-44/h1-37H. The molecule has 0 radical (unpaired) electrons. The lowest BCUT2D eigenvalue weighted by atomic mass is 9.67. The fourth-order valence-corrected chi connectivity index (χ4v) is 9.22. The van der Waals surface area contributed by atoms with E-state index >= 15 is 0 Å². The first-order valence-electron chi connectivity index (χ1n) is 20.1. The molecule has 8 aromatic carbocycles. The van der Waals surface area contributed by atoms with Crippen LogP contribution >= 0.6 is 0 Å². The first-order valence-corrected chi connectivity index (χ1v) is 20.1. The third-order valence-corrected chi connectivity index (χ3v) is 11.9. The van der Waals surface area contributed by atoms with Gasteiger partial charge in [0, 0.05) is 34.6 Å². The highest BCUT2D eigenvalue weighted by Gasteiger charge is 2.46.